The molecule has 1 aromatic carbocycles. The van der Waals surface area contributed by atoms with Crippen molar-refractivity contribution in [2.75, 3.05) is 39.1 Å². The number of nitrogens with zero attached hydrogens (tertiary/aromatic N) is 1. The second kappa shape index (κ2) is 7.51. The van der Waals surface area contributed by atoms with Gasteiger partial charge in [-0.2, -0.15) is 4.31 Å². The summed E-state index contributed by atoms with van der Waals surface area (Å²) >= 11 is 0. The molecular weight excluding hydrogens is 356 g/mol. The van der Waals surface area contributed by atoms with Crippen molar-refractivity contribution in [1.29, 1.82) is 0 Å². The lowest BCUT2D eigenvalue weighted by Crippen LogP contribution is -2.38. The molecule has 1 aromatic rings. The van der Waals surface area contributed by atoms with Crippen molar-refractivity contribution >= 4 is 20.0 Å². The van der Waals surface area contributed by atoms with Gasteiger partial charge < -0.3 is 9.47 Å². The number of sulfonamides is 2. The number of fused-ring (bicyclic) bond motifs is 1. The van der Waals surface area contributed by atoms with Gasteiger partial charge in [0.2, 0.25) is 20.0 Å². The largest absolute Gasteiger partial charge is 0.486 e. The molecule has 1 aliphatic rings. The zero-order valence-corrected chi connectivity index (χ0v) is 14.9. The van der Waals surface area contributed by atoms with Crippen LogP contribution in [0.3, 0.4) is 0 Å². The van der Waals surface area contributed by atoms with Crippen LogP contribution in [0.4, 0.5) is 0 Å². The van der Waals surface area contributed by atoms with E-state index >= 15 is 0 Å². The highest BCUT2D eigenvalue weighted by atomic mass is 32.2. The predicted octanol–water partition coefficient (Wildman–Crippen LogP) is 0.184. The lowest BCUT2D eigenvalue weighted by Gasteiger charge is -2.20. The first kappa shape index (κ1) is 18.7. The number of hydrogen-bond acceptors (Lipinski definition) is 6. The molecule has 0 unspecified atom stereocenters. The quantitative estimate of drug-likeness (QED) is 0.650. The zero-order chi connectivity index (χ0) is 17.8. The third-order valence-electron chi connectivity index (χ3n) is 3.28. The van der Waals surface area contributed by atoms with E-state index < -0.39 is 20.0 Å². The molecule has 2 rings (SSSR count). The fourth-order valence-corrected chi connectivity index (χ4v) is 3.95. The number of benzene rings is 1. The summed E-state index contributed by atoms with van der Waals surface area (Å²) in [7, 11) is -7.21. The maximum atomic E-state index is 12.3. The summed E-state index contributed by atoms with van der Waals surface area (Å²) < 4.78 is 62.0. The molecule has 134 valence electrons. The van der Waals surface area contributed by atoms with Gasteiger partial charge in [0.05, 0.1) is 11.2 Å². The molecule has 0 amide bonds. The van der Waals surface area contributed by atoms with Crippen LogP contribution in [-0.2, 0) is 20.0 Å². The lowest BCUT2D eigenvalue weighted by molar-refractivity contribution is 0.171. The van der Waals surface area contributed by atoms with E-state index in [1.807, 2.05) is 0 Å². The molecule has 1 N–H and O–H groups in total. The molecular formula is C14H20N2O6S2. The van der Waals surface area contributed by atoms with Gasteiger partial charge in [-0.1, -0.05) is 6.08 Å². The van der Waals surface area contributed by atoms with Gasteiger partial charge in [0, 0.05) is 25.7 Å². The smallest absolute Gasteiger partial charge is 0.240 e. The summed E-state index contributed by atoms with van der Waals surface area (Å²) in [5, 5.41) is 0. The van der Waals surface area contributed by atoms with Crippen LogP contribution in [0.15, 0.2) is 35.7 Å². The molecule has 1 aliphatic heterocycles. The van der Waals surface area contributed by atoms with Crippen LogP contribution >= 0.6 is 0 Å². The van der Waals surface area contributed by atoms with Gasteiger partial charge in [0.1, 0.15) is 13.2 Å². The van der Waals surface area contributed by atoms with E-state index in [4.69, 9.17) is 9.47 Å². The third-order valence-corrected chi connectivity index (χ3v) is 6.01. The van der Waals surface area contributed by atoms with E-state index in [0.717, 1.165) is 10.6 Å². The van der Waals surface area contributed by atoms with Gasteiger partial charge in [-0.25, -0.2) is 21.6 Å². The molecule has 0 aliphatic carbocycles. The van der Waals surface area contributed by atoms with E-state index in [-0.39, 0.29) is 24.5 Å². The van der Waals surface area contributed by atoms with E-state index in [2.05, 4.69) is 11.3 Å². The van der Waals surface area contributed by atoms with Crippen LogP contribution < -0.4 is 14.2 Å². The number of nitrogens with one attached hydrogen (secondary N) is 1. The highest BCUT2D eigenvalue weighted by molar-refractivity contribution is 7.89. The summed E-state index contributed by atoms with van der Waals surface area (Å²) in [6, 6.07) is 4.33. The van der Waals surface area contributed by atoms with E-state index in [1.54, 1.807) is 0 Å². The summed E-state index contributed by atoms with van der Waals surface area (Å²) in [5.41, 5.74) is 0. The second-order valence-corrected chi connectivity index (χ2v) is 8.86. The van der Waals surface area contributed by atoms with E-state index in [0.29, 0.717) is 24.7 Å². The SMILES string of the molecule is C=CCN(CCNS(=O)(=O)c1ccc2c(c1)OCCO2)S(C)(=O)=O. The normalized spacial score (nSPS) is 14.6. The third kappa shape index (κ3) is 4.69. The highest BCUT2D eigenvalue weighted by Crippen LogP contribution is 2.32. The van der Waals surface area contributed by atoms with Gasteiger partial charge in [0.15, 0.2) is 11.5 Å². The Hall–Kier alpha value is -1.62. The fraction of sp³-hybridized carbons (Fsp3) is 0.429. The average molecular weight is 376 g/mol. The topological polar surface area (TPSA) is 102 Å². The van der Waals surface area contributed by atoms with Crippen LogP contribution in [-0.4, -0.2) is 60.2 Å². The zero-order valence-electron chi connectivity index (χ0n) is 13.3. The summed E-state index contributed by atoms with van der Waals surface area (Å²) in [5.74, 6) is 0.864. The van der Waals surface area contributed by atoms with Crippen molar-refractivity contribution in [3.05, 3.63) is 30.9 Å². The number of ether oxygens (including phenoxy) is 2. The highest BCUT2D eigenvalue weighted by Gasteiger charge is 2.20. The molecule has 0 radical (unpaired) electrons. The minimum absolute atomic E-state index is 0.00857. The Morgan fingerprint density at radius 1 is 1.21 bits per heavy atom. The predicted molar refractivity (Wildman–Crippen MR) is 89.2 cm³/mol. The monoisotopic (exact) mass is 376 g/mol. The Morgan fingerprint density at radius 3 is 2.50 bits per heavy atom. The molecule has 0 saturated carbocycles. The molecule has 10 heteroatoms. The van der Waals surface area contributed by atoms with Crippen LogP contribution in [0.2, 0.25) is 0 Å². The first-order valence-corrected chi connectivity index (χ1v) is 10.5. The molecule has 1 heterocycles. The minimum Gasteiger partial charge on any atom is -0.486 e. The van der Waals surface area contributed by atoms with Gasteiger partial charge in [-0.3, -0.25) is 0 Å². The van der Waals surface area contributed by atoms with Crippen molar-refractivity contribution in [2.45, 2.75) is 4.90 Å². The Kier molecular flexibility index (Phi) is 5.86. The molecule has 0 bridgehead atoms. The maximum Gasteiger partial charge on any atom is 0.240 e. The summed E-state index contributed by atoms with van der Waals surface area (Å²) in [6.07, 6.45) is 2.50. The Balaban J connectivity index is 2.04. The van der Waals surface area contributed by atoms with Gasteiger partial charge >= 0.3 is 0 Å². The molecule has 0 saturated heterocycles. The lowest BCUT2D eigenvalue weighted by atomic mass is 10.3. The van der Waals surface area contributed by atoms with Crippen molar-refractivity contribution in [2.24, 2.45) is 0 Å². The number of hydrogen-bond donors (Lipinski definition) is 1. The van der Waals surface area contributed by atoms with Crippen molar-refractivity contribution in [3.8, 4) is 11.5 Å². The first-order valence-electron chi connectivity index (χ1n) is 7.19. The van der Waals surface area contributed by atoms with Crippen LogP contribution in [0.1, 0.15) is 0 Å². The molecule has 24 heavy (non-hydrogen) atoms. The molecule has 0 atom stereocenters. The Bertz CT molecular complexity index is 805. The molecule has 0 spiro atoms. The molecule has 8 nitrogen and oxygen atoms in total. The maximum absolute atomic E-state index is 12.3. The molecule has 0 aromatic heterocycles. The van der Waals surface area contributed by atoms with Crippen LogP contribution in [0, 0.1) is 0 Å². The second-order valence-electron chi connectivity index (χ2n) is 5.11. The van der Waals surface area contributed by atoms with E-state index in [9.17, 15) is 16.8 Å². The van der Waals surface area contributed by atoms with Gasteiger partial charge in [-0.05, 0) is 12.1 Å². The summed E-state index contributed by atoms with van der Waals surface area (Å²) in [4.78, 5) is 0.0291. The average Bonchev–Trinajstić information content (AvgIpc) is 2.52. The van der Waals surface area contributed by atoms with Gasteiger partial charge in [-0.15, -0.1) is 6.58 Å². The fourth-order valence-electron chi connectivity index (χ4n) is 2.12. The summed E-state index contributed by atoms with van der Waals surface area (Å²) in [6.45, 7) is 4.33. The Morgan fingerprint density at radius 2 is 1.88 bits per heavy atom. The van der Waals surface area contributed by atoms with Crippen LogP contribution in [0.5, 0.6) is 11.5 Å². The molecule has 0 fully saturated rings. The van der Waals surface area contributed by atoms with Crippen molar-refractivity contribution in [3.63, 3.8) is 0 Å². The van der Waals surface area contributed by atoms with Crippen LogP contribution in [0.25, 0.3) is 0 Å². The van der Waals surface area contributed by atoms with E-state index in [1.165, 1.54) is 24.3 Å². The van der Waals surface area contributed by atoms with Gasteiger partial charge in [0.25, 0.3) is 0 Å². The number of rotatable bonds is 8. The van der Waals surface area contributed by atoms with Crippen molar-refractivity contribution < 1.29 is 26.3 Å². The standard InChI is InChI=1S/C14H20N2O6S2/c1-3-7-16(23(2,17)18)8-6-15-24(19,20)12-4-5-13-14(11-12)22-10-9-21-13/h3-5,11,15H,1,6-10H2,2H3. The minimum atomic E-state index is -3.78. The Labute approximate surface area is 142 Å². The van der Waals surface area contributed by atoms with Crippen molar-refractivity contribution in [1.82, 2.24) is 9.03 Å². The first-order chi connectivity index (χ1) is 11.2.